The van der Waals surface area contributed by atoms with Gasteiger partial charge in [-0.3, -0.25) is 0 Å². The number of hydrogen-bond donors (Lipinski definition) is 1. The lowest BCUT2D eigenvalue weighted by atomic mass is 10.2. The summed E-state index contributed by atoms with van der Waals surface area (Å²) in [5.74, 6) is 0. The molecule has 2 nitrogen and oxygen atoms in total. The van der Waals surface area contributed by atoms with Crippen molar-refractivity contribution in [2.45, 2.75) is 32.6 Å². The first-order valence-corrected chi connectivity index (χ1v) is 7.04. The van der Waals surface area contributed by atoms with Crippen LogP contribution in [0.4, 0.5) is 18.9 Å². The molecule has 114 valence electrons. The summed E-state index contributed by atoms with van der Waals surface area (Å²) in [5, 5.41) is 3.14. The maximum atomic E-state index is 12.6. The monoisotopic (exact) mass is 316 g/mol. The molecular formula is C15H16ClF3N2. The van der Waals surface area contributed by atoms with Crippen LogP contribution in [0.5, 0.6) is 0 Å². The van der Waals surface area contributed by atoms with Gasteiger partial charge in [0, 0.05) is 18.4 Å². The Labute approximate surface area is 126 Å². The maximum absolute atomic E-state index is 12.6. The van der Waals surface area contributed by atoms with Crippen LogP contribution in [0, 0.1) is 0 Å². The highest BCUT2D eigenvalue weighted by molar-refractivity contribution is 6.33. The van der Waals surface area contributed by atoms with Gasteiger partial charge in [-0.1, -0.05) is 18.5 Å². The second-order valence-corrected chi connectivity index (χ2v) is 5.15. The van der Waals surface area contributed by atoms with Crippen molar-refractivity contribution < 1.29 is 13.2 Å². The average molecular weight is 317 g/mol. The summed E-state index contributed by atoms with van der Waals surface area (Å²) < 4.78 is 39.8. The molecule has 0 unspecified atom stereocenters. The van der Waals surface area contributed by atoms with Crippen LogP contribution in [-0.2, 0) is 19.3 Å². The van der Waals surface area contributed by atoms with Crippen LogP contribution in [-0.4, -0.2) is 4.57 Å². The van der Waals surface area contributed by atoms with Gasteiger partial charge in [0.15, 0.2) is 0 Å². The van der Waals surface area contributed by atoms with E-state index in [2.05, 4.69) is 16.8 Å². The van der Waals surface area contributed by atoms with Crippen LogP contribution < -0.4 is 5.32 Å². The topological polar surface area (TPSA) is 17.0 Å². The SMILES string of the molecule is CCCn1cccc1CNc1ccc(C(F)(F)F)cc1Cl. The Morgan fingerprint density at radius 3 is 2.62 bits per heavy atom. The van der Waals surface area contributed by atoms with E-state index in [9.17, 15) is 13.2 Å². The number of rotatable bonds is 5. The number of nitrogens with zero attached hydrogens (tertiary/aromatic N) is 1. The van der Waals surface area contributed by atoms with Crippen molar-refractivity contribution in [3.8, 4) is 0 Å². The smallest absolute Gasteiger partial charge is 0.378 e. The predicted octanol–water partition coefficient (Wildman–Crippen LogP) is 5.18. The Hall–Kier alpha value is -1.62. The molecule has 1 heterocycles. The van der Waals surface area contributed by atoms with Crippen molar-refractivity contribution in [3.05, 3.63) is 52.8 Å². The number of hydrogen-bond acceptors (Lipinski definition) is 1. The largest absolute Gasteiger partial charge is 0.416 e. The molecule has 0 atom stereocenters. The highest BCUT2D eigenvalue weighted by Gasteiger charge is 2.30. The minimum absolute atomic E-state index is 0.0680. The summed E-state index contributed by atoms with van der Waals surface area (Å²) in [5.41, 5.74) is 0.814. The standard InChI is InChI=1S/C15H16ClF3N2/c1-2-7-21-8-3-4-12(21)10-20-14-6-5-11(9-13(14)16)15(17,18)19/h3-6,8-9,20H,2,7,10H2,1H3. The predicted molar refractivity (Wildman–Crippen MR) is 78.5 cm³/mol. The third-order valence-corrected chi connectivity index (χ3v) is 3.46. The molecule has 0 saturated carbocycles. The molecule has 0 radical (unpaired) electrons. The van der Waals surface area contributed by atoms with Gasteiger partial charge >= 0.3 is 6.18 Å². The van der Waals surface area contributed by atoms with Crippen molar-refractivity contribution in [1.29, 1.82) is 0 Å². The van der Waals surface area contributed by atoms with E-state index in [0.29, 0.717) is 12.2 Å². The van der Waals surface area contributed by atoms with Gasteiger partial charge in [0.2, 0.25) is 0 Å². The molecule has 0 saturated heterocycles. The van der Waals surface area contributed by atoms with Gasteiger partial charge in [0.1, 0.15) is 0 Å². The Balaban J connectivity index is 2.08. The Bertz CT molecular complexity index is 605. The van der Waals surface area contributed by atoms with Crippen LogP contribution in [0.15, 0.2) is 36.5 Å². The Morgan fingerprint density at radius 1 is 1.24 bits per heavy atom. The zero-order chi connectivity index (χ0) is 15.5. The first kappa shape index (κ1) is 15.8. The summed E-state index contributed by atoms with van der Waals surface area (Å²) in [6, 6.07) is 7.24. The summed E-state index contributed by atoms with van der Waals surface area (Å²) in [6.45, 7) is 3.51. The summed E-state index contributed by atoms with van der Waals surface area (Å²) in [4.78, 5) is 0. The molecule has 0 aliphatic heterocycles. The third-order valence-electron chi connectivity index (χ3n) is 3.14. The van der Waals surface area contributed by atoms with Crippen molar-refractivity contribution in [1.82, 2.24) is 4.57 Å². The van der Waals surface area contributed by atoms with Gasteiger partial charge in [-0.2, -0.15) is 13.2 Å². The lowest BCUT2D eigenvalue weighted by molar-refractivity contribution is -0.137. The van der Waals surface area contributed by atoms with Crippen molar-refractivity contribution in [2.24, 2.45) is 0 Å². The number of aryl methyl sites for hydroxylation is 1. The van der Waals surface area contributed by atoms with Gasteiger partial charge in [0.25, 0.3) is 0 Å². The number of nitrogens with one attached hydrogen (secondary N) is 1. The van der Waals surface area contributed by atoms with Crippen LogP contribution in [0.3, 0.4) is 0 Å². The second kappa shape index (κ2) is 6.43. The van der Waals surface area contributed by atoms with E-state index < -0.39 is 11.7 Å². The lowest BCUT2D eigenvalue weighted by Crippen LogP contribution is -2.08. The quantitative estimate of drug-likeness (QED) is 0.804. The average Bonchev–Trinajstić information content (AvgIpc) is 2.84. The fourth-order valence-electron chi connectivity index (χ4n) is 2.09. The van der Waals surface area contributed by atoms with Crippen LogP contribution in [0.25, 0.3) is 0 Å². The highest BCUT2D eigenvalue weighted by atomic mass is 35.5. The molecule has 1 N–H and O–H groups in total. The van der Waals surface area contributed by atoms with Crippen LogP contribution >= 0.6 is 11.6 Å². The van der Waals surface area contributed by atoms with E-state index in [4.69, 9.17) is 11.6 Å². The fourth-order valence-corrected chi connectivity index (χ4v) is 2.34. The lowest BCUT2D eigenvalue weighted by Gasteiger charge is -2.13. The zero-order valence-electron chi connectivity index (χ0n) is 11.5. The molecule has 0 amide bonds. The second-order valence-electron chi connectivity index (χ2n) is 4.74. The molecule has 0 aliphatic rings. The van der Waals surface area contributed by atoms with Gasteiger partial charge in [-0.05, 0) is 36.8 Å². The van der Waals surface area contributed by atoms with E-state index in [1.54, 1.807) is 0 Å². The molecule has 2 rings (SSSR count). The van der Waals surface area contributed by atoms with Gasteiger partial charge in [-0.25, -0.2) is 0 Å². The molecule has 1 aromatic carbocycles. The highest BCUT2D eigenvalue weighted by Crippen LogP contribution is 2.33. The molecule has 0 bridgehead atoms. The number of halogens is 4. The van der Waals surface area contributed by atoms with E-state index >= 15 is 0 Å². The third kappa shape index (κ3) is 3.94. The first-order chi connectivity index (χ1) is 9.91. The van der Waals surface area contributed by atoms with Crippen LogP contribution in [0.2, 0.25) is 5.02 Å². The minimum atomic E-state index is -4.38. The number of anilines is 1. The molecule has 0 spiro atoms. The van der Waals surface area contributed by atoms with Crippen molar-refractivity contribution in [2.75, 3.05) is 5.32 Å². The summed E-state index contributed by atoms with van der Waals surface area (Å²) in [6.07, 6.45) is -1.38. The molecule has 1 aromatic heterocycles. The molecule has 2 aromatic rings. The van der Waals surface area contributed by atoms with Gasteiger partial charge < -0.3 is 9.88 Å². The number of alkyl halides is 3. The van der Waals surface area contributed by atoms with Crippen LogP contribution in [0.1, 0.15) is 24.6 Å². The molecule has 21 heavy (non-hydrogen) atoms. The normalized spacial score (nSPS) is 11.7. The molecule has 0 aliphatic carbocycles. The maximum Gasteiger partial charge on any atom is 0.416 e. The van der Waals surface area contributed by atoms with Gasteiger partial charge in [-0.15, -0.1) is 0 Å². The summed E-state index contributed by atoms with van der Waals surface area (Å²) in [7, 11) is 0. The fraction of sp³-hybridized carbons (Fsp3) is 0.333. The number of benzene rings is 1. The van der Waals surface area contributed by atoms with E-state index in [-0.39, 0.29) is 5.02 Å². The molecule has 6 heteroatoms. The minimum Gasteiger partial charge on any atom is -0.378 e. The van der Waals surface area contributed by atoms with E-state index in [1.807, 2.05) is 18.3 Å². The summed E-state index contributed by atoms with van der Waals surface area (Å²) >= 11 is 5.91. The van der Waals surface area contributed by atoms with Gasteiger partial charge in [0.05, 0.1) is 22.8 Å². The zero-order valence-corrected chi connectivity index (χ0v) is 12.3. The Kier molecular flexibility index (Phi) is 4.83. The van der Waals surface area contributed by atoms with E-state index in [1.165, 1.54) is 6.07 Å². The number of aromatic nitrogens is 1. The molecular weight excluding hydrogens is 301 g/mol. The van der Waals surface area contributed by atoms with Crippen molar-refractivity contribution >= 4 is 17.3 Å². The first-order valence-electron chi connectivity index (χ1n) is 6.66. The van der Waals surface area contributed by atoms with E-state index in [0.717, 1.165) is 30.8 Å². The Morgan fingerprint density at radius 2 is 2.00 bits per heavy atom. The molecule has 0 fully saturated rings. The van der Waals surface area contributed by atoms with Crippen molar-refractivity contribution in [3.63, 3.8) is 0 Å².